The van der Waals surface area contributed by atoms with Crippen LogP contribution in [0.1, 0.15) is 55.7 Å². The van der Waals surface area contributed by atoms with Crippen LogP contribution in [0.3, 0.4) is 0 Å². The van der Waals surface area contributed by atoms with Crippen LogP contribution >= 0.6 is 0 Å². The highest BCUT2D eigenvalue weighted by molar-refractivity contribution is 6.02. The van der Waals surface area contributed by atoms with Crippen LogP contribution < -0.4 is 10.2 Å². The van der Waals surface area contributed by atoms with Gasteiger partial charge in [-0.3, -0.25) is 19.4 Å². The average Bonchev–Trinajstić information content (AvgIpc) is 3.50. The molecule has 2 aromatic carbocycles. The second-order valence-corrected chi connectivity index (χ2v) is 11.5. The van der Waals surface area contributed by atoms with Crippen molar-refractivity contribution >= 4 is 23.6 Å². The SMILES string of the molecule is Cc1ccccc1C(C(=O)NC1CCCCC1)N(C(=O)CN1CCN(C(=O)OC2CCOC2)CC1)c1cccc(F)c1. The molecule has 3 aliphatic rings. The largest absolute Gasteiger partial charge is 0.444 e. The van der Waals surface area contributed by atoms with E-state index < -0.39 is 11.9 Å². The summed E-state index contributed by atoms with van der Waals surface area (Å²) in [4.78, 5) is 45.9. The number of hydrogen-bond acceptors (Lipinski definition) is 6. The van der Waals surface area contributed by atoms with Crippen molar-refractivity contribution in [1.29, 1.82) is 0 Å². The van der Waals surface area contributed by atoms with E-state index in [1.807, 2.05) is 36.1 Å². The Labute approximate surface area is 246 Å². The summed E-state index contributed by atoms with van der Waals surface area (Å²) in [6, 6.07) is 12.5. The Kier molecular flexibility index (Phi) is 10.1. The van der Waals surface area contributed by atoms with Gasteiger partial charge in [0.25, 0.3) is 0 Å². The summed E-state index contributed by atoms with van der Waals surface area (Å²) in [5.74, 6) is -1.06. The maximum absolute atomic E-state index is 14.5. The summed E-state index contributed by atoms with van der Waals surface area (Å²) in [7, 11) is 0. The van der Waals surface area contributed by atoms with Gasteiger partial charge in [-0.25, -0.2) is 9.18 Å². The van der Waals surface area contributed by atoms with E-state index in [9.17, 15) is 18.8 Å². The first-order chi connectivity index (χ1) is 20.4. The van der Waals surface area contributed by atoms with E-state index in [1.165, 1.54) is 17.0 Å². The minimum Gasteiger partial charge on any atom is -0.444 e. The lowest BCUT2D eigenvalue weighted by atomic mass is 9.93. The van der Waals surface area contributed by atoms with Gasteiger partial charge in [0, 0.05) is 44.3 Å². The molecule has 9 nitrogen and oxygen atoms in total. The van der Waals surface area contributed by atoms with E-state index in [0.717, 1.165) is 37.7 Å². The summed E-state index contributed by atoms with van der Waals surface area (Å²) in [6.07, 6.45) is 5.20. The molecule has 10 heteroatoms. The number of anilines is 1. The van der Waals surface area contributed by atoms with Crippen molar-refractivity contribution in [2.45, 2.75) is 63.6 Å². The number of piperazine rings is 1. The van der Waals surface area contributed by atoms with E-state index in [4.69, 9.17) is 9.47 Å². The molecule has 2 aromatic rings. The standard InChI is InChI=1S/C32H41FN4O5/c1-23-8-5-6-13-28(23)30(31(39)34-25-10-3-2-4-11-25)37(26-12-7-9-24(33)20-26)29(38)21-35-15-17-36(18-16-35)32(40)42-27-14-19-41-22-27/h5-9,12-13,20,25,27,30H,2-4,10-11,14-19,21-22H2,1H3,(H,34,39). The number of halogens is 1. The molecular formula is C32H41FN4O5. The summed E-state index contributed by atoms with van der Waals surface area (Å²) in [5.41, 5.74) is 1.90. The molecular weight excluding hydrogens is 539 g/mol. The van der Waals surface area contributed by atoms with Crippen molar-refractivity contribution in [2.75, 3.05) is 50.8 Å². The summed E-state index contributed by atoms with van der Waals surface area (Å²) >= 11 is 0. The number of amides is 3. The number of aryl methyl sites for hydroxylation is 1. The fourth-order valence-electron chi connectivity index (χ4n) is 6.06. The second kappa shape index (κ2) is 14.1. The molecule has 0 spiro atoms. The lowest BCUT2D eigenvalue weighted by Crippen LogP contribution is -2.54. The average molecular weight is 581 g/mol. The molecule has 0 aromatic heterocycles. The second-order valence-electron chi connectivity index (χ2n) is 11.5. The number of nitrogens with zero attached hydrogens (tertiary/aromatic N) is 3. The first kappa shape index (κ1) is 30.0. The molecule has 5 rings (SSSR count). The number of carbonyl (C=O) groups is 3. The Morgan fingerprint density at radius 1 is 1.02 bits per heavy atom. The Morgan fingerprint density at radius 2 is 1.79 bits per heavy atom. The Hall–Kier alpha value is -3.50. The molecule has 226 valence electrons. The van der Waals surface area contributed by atoms with Crippen LogP contribution in [-0.4, -0.2) is 85.8 Å². The molecule has 3 fully saturated rings. The minimum absolute atomic E-state index is 0.0228. The maximum Gasteiger partial charge on any atom is 0.410 e. The molecule has 2 aliphatic heterocycles. The lowest BCUT2D eigenvalue weighted by Gasteiger charge is -2.37. The summed E-state index contributed by atoms with van der Waals surface area (Å²) in [6.45, 7) is 4.75. The molecule has 2 unspecified atom stereocenters. The van der Waals surface area contributed by atoms with E-state index in [0.29, 0.717) is 57.1 Å². The van der Waals surface area contributed by atoms with Gasteiger partial charge in [0.15, 0.2) is 0 Å². The Balaban J connectivity index is 1.35. The highest BCUT2D eigenvalue weighted by atomic mass is 19.1. The number of benzene rings is 2. The molecule has 1 N–H and O–H groups in total. The molecule has 1 saturated carbocycles. The van der Waals surface area contributed by atoms with E-state index >= 15 is 0 Å². The number of ether oxygens (including phenoxy) is 2. The molecule has 0 radical (unpaired) electrons. The monoisotopic (exact) mass is 580 g/mol. The van der Waals surface area contributed by atoms with Crippen LogP contribution in [0.4, 0.5) is 14.9 Å². The maximum atomic E-state index is 14.5. The Morgan fingerprint density at radius 3 is 2.48 bits per heavy atom. The zero-order valence-electron chi connectivity index (χ0n) is 24.3. The fourth-order valence-corrected chi connectivity index (χ4v) is 6.06. The van der Waals surface area contributed by atoms with Crippen molar-refractivity contribution in [3.8, 4) is 0 Å². The van der Waals surface area contributed by atoms with E-state index in [2.05, 4.69) is 5.32 Å². The third-order valence-corrected chi connectivity index (χ3v) is 8.44. The molecule has 2 atom stereocenters. The van der Waals surface area contributed by atoms with Crippen LogP contribution in [0.15, 0.2) is 48.5 Å². The molecule has 42 heavy (non-hydrogen) atoms. The van der Waals surface area contributed by atoms with Gasteiger partial charge in [0.1, 0.15) is 18.0 Å². The predicted molar refractivity (Wildman–Crippen MR) is 157 cm³/mol. The van der Waals surface area contributed by atoms with Crippen molar-refractivity contribution in [2.24, 2.45) is 0 Å². The summed E-state index contributed by atoms with van der Waals surface area (Å²) < 4.78 is 25.4. The molecule has 1 aliphatic carbocycles. The molecule has 2 saturated heterocycles. The van der Waals surface area contributed by atoms with Crippen LogP contribution in [0, 0.1) is 12.7 Å². The zero-order valence-corrected chi connectivity index (χ0v) is 24.3. The van der Waals surface area contributed by atoms with Crippen LogP contribution in [-0.2, 0) is 19.1 Å². The van der Waals surface area contributed by atoms with Gasteiger partial charge in [-0.2, -0.15) is 0 Å². The van der Waals surface area contributed by atoms with Gasteiger partial charge < -0.3 is 19.7 Å². The van der Waals surface area contributed by atoms with Crippen LogP contribution in [0.5, 0.6) is 0 Å². The van der Waals surface area contributed by atoms with Gasteiger partial charge in [-0.15, -0.1) is 0 Å². The third kappa shape index (κ3) is 7.46. The van der Waals surface area contributed by atoms with Gasteiger partial charge in [-0.1, -0.05) is 49.6 Å². The van der Waals surface area contributed by atoms with Crippen LogP contribution in [0.2, 0.25) is 0 Å². The Bertz CT molecular complexity index is 1240. The van der Waals surface area contributed by atoms with E-state index in [1.54, 1.807) is 17.0 Å². The summed E-state index contributed by atoms with van der Waals surface area (Å²) in [5, 5.41) is 3.21. The molecule has 2 heterocycles. The zero-order chi connectivity index (χ0) is 29.5. The minimum atomic E-state index is -0.965. The van der Waals surface area contributed by atoms with Crippen molar-refractivity contribution in [3.63, 3.8) is 0 Å². The lowest BCUT2D eigenvalue weighted by molar-refractivity contribution is -0.128. The molecule has 3 amide bonds. The normalized spacial score (nSPS) is 20.6. The smallest absolute Gasteiger partial charge is 0.410 e. The van der Waals surface area contributed by atoms with Crippen molar-refractivity contribution < 1.29 is 28.2 Å². The molecule has 0 bridgehead atoms. The van der Waals surface area contributed by atoms with Gasteiger partial charge in [0.2, 0.25) is 11.8 Å². The highest BCUT2D eigenvalue weighted by Gasteiger charge is 2.36. The first-order valence-corrected chi connectivity index (χ1v) is 15.1. The quantitative estimate of drug-likeness (QED) is 0.504. The first-order valence-electron chi connectivity index (χ1n) is 15.1. The predicted octanol–water partition coefficient (Wildman–Crippen LogP) is 4.20. The topological polar surface area (TPSA) is 91.4 Å². The van der Waals surface area contributed by atoms with Crippen molar-refractivity contribution in [1.82, 2.24) is 15.1 Å². The van der Waals surface area contributed by atoms with E-state index in [-0.39, 0.29) is 36.6 Å². The number of hydrogen-bond donors (Lipinski definition) is 1. The van der Waals surface area contributed by atoms with Gasteiger partial charge in [0.05, 0.1) is 19.8 Å². The van der Waals surface area contributed by atoms with Crippen LogP contribution in [0.25, 0.3) is 0 Å². The fraction of sp³-hybridized carbons (Fsp3) is 0.531. The van der Waals surface area contributed by atoms with Crippen molar-refractivity contribution in [3.05, 3.63) is 65.5 Å². The van der Waals surface area contributed by atoms with Gasteiger partial charge >= 0.3 is 6.09 Å². The number of nitrogens with one attached hydrogen (secondary N) is 1. The number of carbonyl (C=O) groups excluding carboxylic acids is 3. The number of rotatable bonds is 8. The highest BCUT2D eigenvalue weighted by Crippen LogP contribution is 2.31. The third-order valence-electron chi connectivity index (χ3n) is 8.44. The van der Waals surface area contributed by atoms with Gasteiger partial charge in [-0.05, 0) is 49.1 Å².